The van der Waals surface area contributed by atoms with E-state index in [0.29, 0.717) is 26.1 Å². The number of carbonyl (C=O) groups excluding carboxylic acids is 1. The summed E-state index contributed by atoms with van der Waals surface area (Å²) >= 11 is 0. The lowest BCUT2D eigenvalue weighted by molar-refractivity contribution is -0.145. The third kappa shape index (κ3) is 4.09. The average Bonchev–Trinajstić information content (AvgIpc) is 2.65. The molecule has 0 aromatic carbocycles. The number of aliphatic carboxylic acids is 1. The fraction of sp³-hybridized carbons (Fsp3) is 0.867. The van der Waals surface area contributed by atoms with Crippen molar-refractivity contribution in [2.24, 2.45) is 0 Å². The molecule has 1 aliphatic carbocycles. The summed E-state index contributed by atoms with van der Waals surface area (Å²) in [5, 5.41) is 15.3. The van der Waals surface area contributed by atoms with Crippen molar-refractivity contribution in [3.05, 3.63) is 0 Å². The topological polar surface area (TPSA) is 87.7 Å². The minimum atomic E-state index is -1.11. The lowest BCUT2D eigenvalue weighted by Crippen LogP contribution is -2.61. The van der Waals surface area contributed by atoms with Crippen molar-refractivity contribution in [3.63, 3.8) is 0 Å². The molecule has 6 heteroatoms. The first kappa shape index (κ1) is 16.1. The third-order valence-corrected chi connectivity index (χ3v) is 4.73. The minimum absolute atomic E-state index is 0.313. The number of urea groups is 1. The van der Waals surface area contributed by atoms with Gasteiger partial charge in [-0.1, -0.05) is 25.7 Å². The van der Waals surface area contributed by atoms with E-state index in [2.05, 4.69) is 10.6 Å². The molecule has 21 heavy (non-hydrogen) atoms. The molecule has 2 amide bonds. The van der Waals surface area contributed by atoms with Crippen LogP contribution in [0.15, 0.2) is 0 Å². The van der Waals surface area contributed by atoms with E-state index in [9.17, 15) is 14.7 Å². The lowest BCUT2D eigenvalue weighted by Gasteiger charge is -2.36. The molecule has 0 radical (unpaired) electrons. The summed E-state index contributed by atoms with van der Waals surface area (Å²) in [5.41, 5.74) is -1.42. The highest BCUT2D eigenvalue weighted by Gasteiger charge is 2.41. The Morgan fingerprint density at radius 2 is 1.52 bits per heavy atom. The molecule has 1 aliphatic heterocycles. The molecular weight excluding hydrogens is 272 g/mol. The van der Waals surface area contributed by atoms with Crippen molar-refractivity contribution in [1.82, 2.24) is 10.6 Å². The molecule has 2 rings (SSSR count). The van der Waals surface area contributed by atoms with Gasteiger partial charge < -0.3 is 20.5 Å². The molecule has 1 saturated carbocycles. The number of carbonyl (C=O) groups is 2. The van der Waals surface area contributed by atoms with E-state index in [1.165, 1.54) is 0 Å². The smallest absolute Gasteiger partial charge is 0.329 e. The number of rotatable bonds is 3. The molecule has 6 nitrogen and oxygen atoms in total. The zero-order valence-electron chi connectivity index (χ0n) is 12.7. The Balaban J connectivity index is 1.99. The molecule has 2 aliphatic rings. The van der Waals surface area contributed by atoms with Gasteiger partial charge in [0.2, 0.25) is 0 Å². The number of carboxylic acids is 1. The van der Waals surface area contributed by atoms with Gasteiger partial charge in [0, 0.05) is 18.8 Å². The summed E-state index contributed by atoms with van der Waals surface area (Å²) in [5.74, 6) is -0.920. The zero-order chi connectivity index (χ0) is 15.3. The second-order valence-corrected chi connectivity index (χ2v) is 6.55. The van der Waals surface area contributed by atoms with Gasteiger partial charge in [0.05, 0.1) is 0 Å². The molecule has 3 N–H and O–H groups in total. The summed E-state index contributed by atoms with van der Waals surface area (Å²) in [4.78, 5) is 24.0. The van der Waals surface area contributed by atoms with E-state index in [1.54, 1.807) is 0 Å². The van der Waals surface area contributed by atoms with Gasteiger partial charge in [0.15, 0.2) is 0 Å². The van der Waals surface area contributed by atoms with E-state index in [0.717, 1.165) is 38.5 Å². The van der Waals surface area contributed by atoms with Crippen molar-refractivity contribution < 1.29 is 19.4 Å². The van der Waals surface area contributed by atoms with Crippen molar-refractivity contribution in [3.8, 4) is 0 Å². The van der Waals surface area contributed by atoms with Crippen molar-refractivity contribution in [2.45, 2.75) is 69.4 Å². The monoisotopic (exact) mass is 298 g/mol. The van der Waals surface area contributed by atoms with Crippen LogP contribution in [-0.2, 0) is 9.53 Å². The maximum Gasteiger partial charge on any atom is 0.329 e. The molecule has 2 fully saturated rings. The minimum Gasteiger partial charge on any atom is -0.480 e. The zero-order valence-corrected chi connectivity index (χ0v) is 12.7. The van der Waals surface area contributed by atoms with Gasteiger partial charge in [-0.15, -0.1) is 0 Å². The van der Waals surface area contributed by atoms with Crippen LogP contribution < -0.4 is 10.6 Å². The Hall–Kier alpha value is -1.30. The van der Waals surface area contributed by atoms with Crippen LogP contribution in [0.3, 0.4) is 0 Å². The quantitative estimate of drug-likeness (QED) is 0.696. The van der Waals surface area contributed by atoms with Gasteiger partial charge >= 0.3 is 12.0 Å². The molecule has 1 saturated heterocycles. The average molecular weight is 298 g/mol. The van der Waals surface area contributed by atoms with Crippen LogP contribution in [0.2, 0.25) is 0 Å². The Bertz CT molecular complexity index is 383. The Kier molecular flexibility index (Phi) is 5.08. The number of hydrogen-bond acceptors (Lipinski definition) is 3. The maximum absolute atomic E-state index is 12.3. The number of nitrogens with one attached hydrogen (secondary N) is 2. The van der Waals surface area contributed by atoms with Crippen molar-refractivity contribution in [1.29, 1.82) is 0 Å². The van der Waals surface area contributed by atoms with Crippen molar-refractivity contribution in [2.75, 3.05) is 13.2 Å². The largest absolute Gasteiger partial charge is 0.480 e. The van der Waals surface area contributed by atoms with E-state index < -0.39 is 11.5 Å². The Morgan fingerprint density at radius 3 is 2.05 bits per heavy atom. The van der Waals surface area contributed by atoms with Crippen LogP contribution in [0.25, 0.3) is 0 Å². The Labute approximate surface area is 125 Å². The van der Waals surface area contributed by atoms with Gasteiger partial charge in [0.1, 0.15) is 5.54 Å². The van der Waals surface area contributed by atoms with Crippen LogP contribution in [0.5, 0.6) is 0 Å². The van der Waals surface area contributed by atoms with Crippen LogP contribution in [-0.4, -0.2) is 41.4 Å². The SMILES string of the molecule is CC1(NC(=O)NC2(C(=O)O)CCCCCC2)CCOCC1. The maximum atomic E-state index is 12.3. The summed E-state index contributed by atoms with van der Waals surface area (Å²) in [6.07, 6.45) is 6.28. The highest BCUT2D eigenvalue weighted by molar-refractivity contribution is 5.86. The van der Waals surface area contributed by atoms with Gasteiger partial charge in [-0.05, 0) is 32.6 Å². The first-order chi connectivity index (χ1) is 9.96. The summed E-state index contributed by atoms with van der Waals surface area (Å²) in [6.45, 7) is 3.23. The molecular formula is C15H26N2O4. The number of hydrogen-bond donors (Lipinski definition) is 3. The second-order valence-electron chi connectivity index (χ2n) is 6.55. The fourth-order valence-electron chi connectivity index (χ4n) is 3.19. The molecule has 1 heterocycles. The van der Waals surface area contributed by atoms with Gasteiger partial charge in [-0.2, -0.15) is 0 Å². The fourth-order valence-corrected chi connectivity index (χ4v) is 3.19. The normalized spacial score (nSPS) is 24.6. The molecule has 0 spiro atoms. The van der Waals surface area contributed by atoms with Crippen LogP contribution in [0.4, 0.5) is 4.79 Å². The Morgan fingerprint density at radius 1 is 0.952 bits per heavy atom. The number of amides is 2. The third-order valence-electron chi connectivity index (χ3n) is 4.73. The van der Waals surface area contributed by atoms with E-state index in [-0.39, 0.29) is 11.6 Å². The van der Waals surface area contributed by atoms with Crippen LogP contribution in [0.1, 0.15) is 58.3 Å². The van der Waals surface area contributed by atoms with Gasteiger partial charge in [-0.3, -0.25) is 0 Å². The van der Waals surface area contributed by atoms with Gasteiger partial charge in [-0.25, -0.2) is 9.59 Å². The molecule has 0 unspecified atom stereocenters. The standard InChI is InChI=1S/C15H26N2O4/c1-14(8-10-21-11-9-14)16-13(20)17-15(12(18)19)6-4-2-3-5-7-15/h2-11H2,1H3,(H,18,19)(H2,16,17,20). The molecule has 120 valence electrons. The summed E-state index contributed by atoms with van der Waals surface area (Å²) in [6, 6.07) is -0.372. The van der Waals surface area contributed by atoms with Crippen molar-refractivity contribution >= 4 is 12.0 Å². The number of ether oxygens (including phenoxy) is 1. The predicted molar refractivity (Wildman–Crippen MR) is 78.2 cm³/mol. The predicted octanol–water partition coefficient (Wildman–Crippen LogP) is 2.03. The highest BCUT2D eigenvalue weighted by atomic mass is 16.5. The van der Waals surface area contributed by atoms with E-state index in [4.69, 9.17) is 4.74 Å². The van der Waals surface area contributed by atoms with E-state index >= 15 is 0 Å². The highest BCUT2D eigenvalue weighted by Crippen LogP contribution is 2.28. The molecule has 0 atom stereocenters. The molecule has 0 bridgehead atoms. The molecule has 0 aromatic rings. The summed E-state index contributed by atoms with van der Waals surface area (Å²) < 4.78 is 5.31. The first-order valence-electron chi connectivity index (χ1n) is 7.87. The van der Waals surface area contributed by atoms with E-state index in [1.807, 2.05) is 6.92 Å². The van der Waals surface area contributed by atoms with Crippen LogP contribution in [0, 0.1) is 0 Å². The summed E-state index contributed by atoms with van der Waals surface area (Å²) in [7, 11) is 0. The van der Waals surface area contributed by atoms with Gasteiger partial charge in [0.25, 0.3) is 0 Å². The number of carboxylic acid groups (broad SMARTS) is 1. The first-order valence-corrected chi connectivity index (χ1v) is 7.87. The molecule has 0 aromatic heterocycles. The second kappa shape index (κ2) is 6.64. The van der Waals surface area contributed by atoms with Crippen LogP contribution >= 0.6 is 0 Å². The lowest BCUT2D eigenvalue weighted by atomic mass is 9.90.